The number of β-amino-alcohol motifs (C(OH)–C–C–N with tert-alkyl or cyclic N) is 1. The number of alkyl halides is 6. The van der Waals surface area contributed by atoms with E-state index in [2.05, 4.69) is 5.32 Å². The molecular formula is C20H24F6N2O3. The molecule has 0 aromatic heterocycles. The lowest BCUT2D eigenvalue weighted by atomic mass is 9.88. The quantitative estimate of drug-likeness (QED) is 0.679. The van der Waals surface area contributed by atoms with Crippen molar-refractivity contribution in [1.29, 1.82) is 0 Å². The molecule has 1 aromatic rings. The van der Waals surface area contributed by atoms with Gasteiger partial charge in [0.2, 0.25) is 0 Å². The van der Waals surface area contributed by atoms with Crippen LogP contribution in [0.5, 0.6) is 5.75 Å². The smallest absolute Gasteiger partial charge is 0.417 e. The van der Waals surface area contributed by atoms with Gasteiger partial charge in [0.25, 0.3) is 5.91 Å². The first kappa shape index (κ1) is 23.6. The number of aliphatic hydroxyl groups is 1. The average Bonchev–Trinajstić information content (AvgIpc) is 3.12. The van der Waals surface area contributed by atoms with E-state index in [9.17, 15) is 36.2 Å². The van der Waals surface area contributed by atoms with Crippen LogP contribution in [0.1, 0.15) is 53.6 Å². The normalized spacial score (nSPS) is 25.5. The first-order chi connectivity index (χ1) is 14.4. The molecule has 0 bridgehead atoms. The fourth-order valence-electron chi connectivity index (χ4n) is 4.42. The van der Waals surface area contributed by atoms with Crippen LogP contribution >= 0.6 is 0 Å². The number of methoxy groups -OCH3 is 1. The summed E-state index contributed by atoms with van der Waals surface area (Å²) in [6.07, 6.45) is -7.29. The number of carbonyl (C=O) groups excluding carboxylic acids is 1. The maximum absolute atomic E-state index is 13.6. The molecule has 1 heterocycles. The topological polar surface area (TPSA) is 61.8 Å². The molecule has 174 valence electrons. The maximum Gasteiger partial charge on any atom is 0.417 e. The van der Waals surface area contributed by atoms with Gasteiger partial charge < -0.3 is 15.2 Å². The van der Waals surface area contributed by atoms with Gasteiger partial charge in [-0.05, 0) is 31.4 Å². The summed E-state index contributed by atoms with van der Waals surface area (Å²) < 4.78 is 84.8. The SMILES string of the molecule is COc1cc(C(F)(F)F)cc(C(F)(F)F)c1C(=O)N[C@@H]1CCCC[C@@H]1N1CC[C@@H](O)C1. The van der Waals surface area contributed by atoms with Crippen molar-refractivity contribution in [2.24, 2.45) is 0 Å². The fourth-order valence-corrected chi connectivity index (χ4v) is 4.42. The Morgan fingerprint density at radius 2 is 1.77 bits per heavy atom. The van der Waals surface area contributed by atoms with E-state index < -0.39 is 52.8 Å². The van der Waals surface area contributed by atoms with E-state index in [1.54, 1.807) is 0 Å². The van der Waals surface area contributed by atoms with Crippen LogP contribution in [0, 0.1) is 0 Å². The van der Waals surface area contributed by atoms with Crippen LogP contribution in [0.2, 0.25) is 0 Å². The van der Waals surface area contributed by atoms with Crippen LogP contribution in [0.3, 0.4) is 0 Å². The van der Waals surface area contributed by atoms with Crippen LogP contribution in [0.4, 0.5) is 26.3 Å². The molecule has 3 rings (SSSR count). The van der Waals surface area contributed by atoms with Crippen molar-refractivity contribution in [2.75, 3.05) is 20.2 Å². The van der Waals surface area contributed by atoms with Crippen molar-refractivity contribution in [2.45, 2.75) is 62.6 Å². The van der Waals surface area contributed by atoms with Crippen LogP contribution in [-0.2, 0) is 12.4 Å². The Balaban J connectivity index is 1.94. The van der Waals surface area contributed by atoms with Gasteiger partial charge in [-0.25, -0.2) is 0 Å². The first-order valence-corrected chi connectivity index (χ1v) is 10.0. The van der Waals surface area contributed by atoms with Gasteiger partial charge in [0.15, 0.2) is 0 Å². The zero-order valence-corrected chi connectivity index (χ0v) is 16.8. The molecule has 1 saturated heterocycles. The Bertz CT molecular complexity index is 811. The van der Waals surface area contributed by atoms with Crippen molar-refractivity contribution in [3.8, 4) is 5.75 Å². The molecule has 0 spiro atoms. The minimum atomic E-state index is -5.19. The summed E-state index contributed by atoms with van der Waals surface area (Å²) in [4.78, 5) is 14.9. The van der Waals surface area contributed by atoms with E-state index in [1.807, 2.05) is 4.90 Å². The zero-order chi connectivity index (χ0) is 23.0. The fraction of sp³-hybridized carbons (Fsp3) is 0.650. The predicted octanol–water partition coefficient (Wildman–Crippen LogP) is 3.84. The minimum absolute atomic E-state index is 0.0629. The Labute approximate surface area is 175 Å². The molecule has 1 aliphatic carbocycles. The predicted molar refractivity (Wildman–Crippen MR) is 98.7 cm³/mol. The summed E-state index contributed by atoms with van der Waals surface area (Å²) in [5, 5.41) is 12.4. The Kier molecular flexibility index (Phi) is 6.75. The molecule has 31 heavy (non-hydrogen) atoms. The van der Waals surface area contributed by atoms with Gasteiger partial charge in [0.1, 0.15) is 5.75 Å². The monoisotopic (exact) mass is 454 g/mol. The average molecular weight is 454 g/mol. The Morgan fingerprint density at radius 3 is 2.32 bits per heavy atom. The van der Waals surface area contributed by atoms with Gasteiger partial charge in [-0.3, -0.25) is 9.69 Å². The van der Waals surface area contributed by atoms with Crippen molar-refractivity contribution in [1.82, 2.24) is 10.2 Å². The molecule has 3 atom stereocenters. The lowest BCUT2D eigenvalue weighted by molar-refractivity contribution is -0.143. The van der Waals surface area contributed by atoms with Crippen LogP contribution in [0.25, 0.3) is 0 Å². The molecule has 1 saturated carbocycles. The largest absolute Gasteiger partial charge is 0.496 e. The third-order valence-electron chi connectivity index (χ3n) is 5.89. The Hall–Kier alpha value is -2.01. The van der Waals surface area contributed by atoms with E-state index in [4.69, 9.17) is 4.74 Å². The molecule has 1 aromatic carbocycles. The highest BCUT2D eigenvalue weighted by atomic mass is 19.4. The zero-order valence-electron chi connectivity index (χ0n) is 16.8. The molecule has 1 amide bonds. The van der Waals surface area contributed by atoms with E-state index in [0.717, 1.165) is 20.0 Å². The molecule has 11 heteroatoms. The third-order valence-corrected chi connectivity index (χ3v) is 5.89. The highest BCUT2D eigenvalue weighted by Crippen LogP contribution is 2.41. The molecular weight excluding hydrogens is 430 g/mol. The molecule has 2 fully saturated rings. The summed E-state index contributed by atoms with van der Waals surface area (Å²) in [6, 6.07) is -0.310. The number of ether oxygens (including phenoxy) is 1. The molecule has 5 nitrogen and oxygen atoms in total. The van der Waals surface area contributed by atoms with Gasteiger partial charge in [-0.2, -0.15) is 26.3 Å². The van der Waals surface area contributed by atoms with Gasteiger partial charge in [-0.1, -0.05) is 12.8 Å². The standard InChI is InChI=1S/C20H24F6N2O3/c1-31-16-9-11(19(21,22)23)8-13(20(24,25)26)17(16)18(30)27-14-4-2-3-5-15(14)28-7-6-12(29)10-28/h8-9,12,14-15,29H,2-7,10H2,1H3,(H,27,30)/t12-,14-,15+/m1/s1. The molecule has 2 aliphatic rings. The summed E-state index contributed by atoms with van der Waals surface area (Å²) in [5.74, 6) is -1.92. The van der Waals surface area contributed by atoms with Crippen molar-refractivity contribution < 1.29 is 41.0 Å². The number of rotatable bonds is 4. The van der Waals surface area contributed by atoms with Gasteiger partial charge in [0, 0.05) is 25.2 Å². The van der Waals surface area contributed by atoms with Crippen LogP contribution < -0.4 is 10.1 Å². The highest BCUT2D eigenvalue weighted by Gasteiger charge is 2.43. The van der Waals surface area contributed by atoms with E-state index in [0.29, 0.717) is 38.4 Å². The van der Waals surface area contributed by atoms with Crippen molar-refractivity contribution in [3.05, 3.63) is 28.8 Å². The summed E-state index contributed by atoms with van der Waals surface area (Å²) >= 11 is 0. The van der Waals surface area contributed by atoms with Crippen LogP contribution in [-0.4, -0.2) is 54.3 Å². The van der Waals surface area contributed by atoms with E-state index in [-0.39, 0.29) is 12.1 Å². The second kappa shape index (κ2) is 8.85. The summed E-state index contributed by atoms with van der Waals surface area (Å²) in [5.41, 5.74) is -4.20. The number of hydrogen-bond acceptors (Lipinski definition) is 4. The number of hydrogen-bond donors (Lipinski definition) is 2. The number of aliphatic hydroxyl groups excluding tert-OH is 1. The highest BCUT2D eigenvalue weighted by molar-refractivity contribution is 5.99. The third kappa shape index (κ3) is 5.25. The maximum atomic E-state index is 13.6. The van der Waals surface area contributed by atoms with Crippen LogP contribution in [0.15, 0.2) is 12.1 Å². The van der Waals surface area contributed by atoms with Gasteiger partial charge in [-0.15, -0.1) is 0 Å². The summed E-state index contributed by atoms with van der Waals surface area (Å²) in [7, 11) is 0.918. The van der Waals surface area contributed by atoms with Gasteiger partial charge in [0.05, 0.1) is 29.9 Å². The number of likely N-dealkylation sites (tertiary alicyclic amines) is 1. The minimum Gasteiger partial charge on any atom is -0.496 e. The van der Waals surface area contributed by atoms with Gasteiger partial charge >= 0.3 is 12.4 Å². The lowest BCUT2D eigenvalue weighted by Crippen LogP contribution is -2.53. The van der Waals surface area contributed by atoms with E-state index in [1.165, 1.54) is 0 Å². The van der Waals surface area contributed by atoms with E-state index >= 15 is 0 Å². The van der Waals surface area contributed by atoms with Crippen molar-refractivity contribution >= 4 is 5.91 Å². The number of benzene rings is 1. The van der Waals surface area contributed by atoms with Crippen molar-refractivity contribution in [3.63, 3.8) is 0 Å². The number of nitrogens with zero attached hydrogens (tertiary/aromatic N) is 1. The lowest BCUT2D eigenvalue weighted by Gasteiger charge is -2.38. The number of amides is 1. The number of nitrogens with one attached hydrogen (secondary N) is 1. The second-order valence-corrected chi connectivity index (χ2v) is 7.97. The second-order valence-electron chi connectivity index (χ2n) is 7.97. The number of carbonyl (C=O) groups is 1. The summed E-state index contributed by atoms with van der Waals surface area (Å²) in [6.45, 7) is 1.02. The number of halogens is 6. The first-order valence-electron chi connectivity index (χ1n) is 10.0. The Morgan fingerprint density at radius 1 is 1.10 bits per heavy atom. The molecule has 2 N–H and O–H groups in total. The molecule has 0 radical (unpaired) electrons. The molecule has 1 aliphatic heterocycles. The molecule has 0 unspecified atom stereocenters.